The van der Waals surface area contributed by atoms with E-state index < -0.39 is 0 Å². The van der Waals surface area contributed by atoms with Gasteiger partial charge in [0.05, 0.1) is 0 Å². The highest BCUT2D eigenvalue weighted by Crippen LogP contribution is 2.18. The topological polar surface area (TPSA) is 50.7 Å². The first-order valence-electron chi connectivity index (χ1n) is 4.87. The van der Waals surface area contributed by atoms with Crippen molar-refractivity contribution < 1.29 is 0 Å². The van der Waals surface area contributed by atoms with Crippen LogP contribution >= 0.6 is 11.6 Å². The highest BCUT2D eigenvalue weighted by Gasteiger charge is 2.03. The van der Waals surface area contributed by atoms with Gasteiger partial charge < -0.3 is 5.32 Å². The standard InChI is InChI=1S/C11H11ClN4/c1-8-10(12)15-7-16-11(8)14-6-9-2-4-13-5-3-9/h2-5,7H,6H2,1H3,(H,14,15,16). The van der Waals surface area contributed by atoms with Crippen LogP contribution in [-0.2, 0) is 6.54 Å². The van der Waals surface area contributed by atoms with Crippen molar-refractivity contribution in [1.29, 1.82) is 0 Å². The molecule has 16 heavy (non-hydrogen) atoms. The van der Waals surface area contributed by atoms with Gasteiger partial charge in [-0.2, -0.15) is 0 Å². The Morgan fingerprint density at radius 3 is 2.75 bits per heavy atom. The van der Waals surface area contributed by atoms with Crippen LogP contribution in [0.5, 0.6) is 0 Å². The second-order valence-electron chi connectivity index (χ2n) is 3.35. The van der Waals surface area contributed by atoms with Gasteiger partial charge in [0.1, 0.15) is 17.3 Å². The van der Waals surface area contributed by atoms with Crippen molar-refractivity contribution in [3.05, 3.63) is 47.1 Å². The van der Waals surface area contributed by atoms with Crippen molar-refractivity contribution in [3.63, 3.8) is 0 Å². The van der Waals surface area contributed by atoms with E-state index in [-0.39, 0.29) is 0 Å². The second-order valence-corrected chi connectivity index (χ2v) is 3.71. The molecule has 0 aliphatic heterocycles. The molecule has 0 spiro atoms. The molecular formula is C11H11ClN4. The van der Waals surface area contributed by atoms with Gasteiger partial charge >= 0.3 is 0 Å². The van der Waals surface area contributed by atoms with Crippen LogP contribution in [0, 0.1) is 6.92 Å². The number of nitrogens with one attached hydrogen (secondary N) is 1. The Kier molecular flexibility index (Phi) is 3.31. The molecule has 1 N–H and O–H groups in total. The smallest absolute Gasteiger partial charge is 0.137 e. The Bertz CT molecular complexity index is 473. The number of pyridine rings is 1. The molecule has 2 aromatic rings. The number of hydrogen-bond donors (Lipinski definition) is 1. The van der Waals surface area contributed by atoms with Gasteiger partial charge in [-0.25, -0.2) is 9.97 Å². The fourth-order valence-electron chi connectivity index (χ4n) is 1.29. The molecule has 2 rings (SSSR count). The zero-order chi connectivity index (χ0) is 11.4. The van der Waals surface area contributed by atoms with Gasteiger partial charge in [0, 0.05) is 24.5 Å². The lowest BCUT2D eigenvalue weighted by Crippen LogP contribution is -2.04. The minimum absolute atomic E-state index is 0.479. The van der Waals surface area contributed by atoms with E-state index in [2.05, 4.69) is 20.3 Å². The summed E-state index contributed by atoms with van der Waals surface area (Å²) in [6.45, 7) is 2.58. The summed E-state index contributed by atoms with van der Waals surface area (Å²) < 4.78 is 0. The molecule has 0 aromatic carbocycles. The number of hydrogen-bond acceptors (Lipinski definition) is 4. The van der Waals surface area contributed by atoms with Crippen molar-refractivity contribution in [1.82, 2.24) is 15.0 Å². The molecule has 0 atom stereocenters. The molecule has 0 fully saturated rings. The molecule has 4 nitrogen and oxygen atoms in total. The van der Waals surface area contributed by atoms with Gasteiger partial charge in [0.15, 0.2) is 0 Å². The summed E-state index contributed by atoms with van der Waals surface area (Å²) >= 11 is 5.89. The number of anilines is 1. The monoisotopic (exact) mass is 234 g/mol. The van der Waals surface area contributed by atoms with Crippen LogP contribution in [0.15, 0.2) is 30.9 Å². The van der Waals surface area contributed by atoms with Crippen LogP contribution in [0.3, 0.4) is 0 Å². The summed E-state index contributed by atoms with van der Waals surface area (Å²) in [7, 11) is 0. The van der Waals surface area contributed by atoms with E-state index in [1.807, 2.05) is 19.1 Å². The molecule has 82 valence electrons. The molecule has 0 bridgehead atoms. The van der Waals surface area contributed by atoms with Crippen molar-refractivity contribution in [2.75, 3.05) is 5.32 Å². The van der Waals surface area contributed by atoms with E-state index in [0.717, 1.165) is 16.9 Å². The molecular weight excluding hydrogens is 224 g/mol. The van der Waals surface area contributed by atoms with Gasteiger partial charge in [-0.1, -0.05) is 11.6 Å². The molecule has 0 aliphatic rings. The molecule has 2 heterocycles. The second kappa shape index (κ2) is 4.90. The third kappa shape index (κ3) is 2.46. The average molecular weight is 235 g/mol. The highest BCUT2D eigenvalue weighted by atomic mass is 35.5. The molecule has 0 unspecified atom stereocenters. The van der Waals surface area contributed by atoms with E-state index in [0.29, 0.717) is 11.7 Å². The predicted molar refractivity (Wildman–Crippen MR) is 63.3 cm³/mol. The predicted octanol–water partition coefficient (Wildman–Crippen LogP) is 2.45. The number of rotatable bonds is 3. The lowest BCUT2D eigenvalue weighted by molar-refractivity contribution is 1.05. The summed E-state index contributed by atoms with van der Waals surface area (Å²) in [6, 6.07) is 3.90. The first kappa shape index (κ1) is 10.8. The van der Waals surface area contributed by atoms with Crippen molar-refractivity contribution >= 4 is 17.4 Å². The maximum Gasteiger partial charge on any atom is 0.137 e. The lowest BCUT2D eigenvalue weighted by atomic mass is 10.2. The molecule has 0 saturated heterocycles. The van der Waals surface area contributed by atoms with E-state index in [1.54, 1.807) is 12.4 Å². The SMILES string of the molecule is Cc1c(Cl)ncnc1NCc1ccncc1. The summed E-state index contributed by atoms with van der Waals surface area (Å²) in [6.07, 6.45) is 4.97. The van der Waals surface area contributed by atoms with E-state index >= 15 is 0 Å². The average Bonchev–Trinajstić information content (AvgIpc) is 2.32. The molecule has 5 heteroatoms. The highest BCUT2D eigenvalue weighted by molar-refractivity contribution is 6.30. The Hall–Kier alpha value is -1.68. The summed E-state index contributed by atoms with van der Waals surface area (Å²) in [5, 5.41) is 3.69. The van der Waals surface area contributed by atoms with Gasteiger partial charge in [0.25, 0.3) is 0 Å². The quantitative estimate of drug-likeness (QED) is 0.829. The first-order valence-corrected chi connectivity index (χ1v) is 5.25. The fraction of sp³-hybridized carbons (Fsp3) is 0.182. The van der Waals surface area contributed by atoms with Crippen molar-refractivity contribution in [3.8, 4) is 0 Å². The molecule has 0 amide bonds. The minimum Gasteiger partial charge on any atom is -0.366 e. The molecule has 0 aliphatic carbocycles. The zero-order valence-electron chi connectivity index (χ0n) is 8.81. The number of halogens is 1. The molecule has 0 radical (unpaired) electrons. The maximum absolute atomic E-state index is 5.89. The van der Waals surface area contributed by atoms with Crippen LogP contribution < -0.4 is 5.32 Å². The normalized spacial score (nSPS) is 10.1. The lowest BCUT2D eigenvalue weighted by Gasteiger charge is -2.08. The van der Waals surface area contributed by atoms with Crippen molar-refractivity contribution in [2.24, 2.45) is 0 Å². The summed E-state index contributed by atoms with van der Waals surface area (Å²) in [4.78, 5) is 12.0. The Morgan fingerprint density at radius 1 is 1.25 bits per heavy atom. The Balaban J connectivity index is 2.08. The van der Waals surface area contributed by atoms with Gasteiger partial charge in [-0.15, -0.1) is 0 Å². The molecule has 2 aromatic heterocycles. The van der Waals surface area contributed by atoms with E-state index in [9.17, 15) is 0 Å². The Morgan fingerprint density at radius 2 is 2.00 bits per heavy atom. The van der Waals surface area contributed by atoms with Crippen LogP contribution in [0.1, 0.15) is 11.1 Å². The first-order chi connectivity index (χ1) is 7.77. The van der Waals surface area contributed by atoms with E-state index in [4.69, 9.17) is 11.6 Å². The van der Waals surface area contributed by atoms with Gasteiger partial charge in [-0.3, -0.25) is 4.98 Å². The third-order valence-corrected chi connectivity index (χ3v) is 2.61. The summed E-state index contributed by atoms with van der Waals surface area (Å²) in [5.74, 6) is 0.761. The third-order valence-electron chi connectivity index (χ3n) is 2.23. The molecule has 0 saturated carbocycles. The van der Waals surface area contributed by atoms with Crippen LogP contribution in [0.4, 0.5) is 5.82 Å². The Labute approximate surface area is 98.7 Å². The fourth-order valence-corrected chi connectivity index (χ4v) is 1.43. The largest absolute Gasteiger partial charge is 0.366 e. The van der Waals surface area contributed by atoms with Gasteiger partial charge in [-0.05, 0) is 24.6 Å². The van der Waals surface area contributed by atoms with Gasteiger partial charge in [0.2, 0.25) is 0 Å². The number of aromatic nitrogens is 3. The number of nitrogens with zero attached hydrogens (tertiary/aromatic N) is 3. The van der Waals surface area contributed by atoms with Crippen LogP contribution in [0.25, 0.3) is 0 Å². The van der Waals surface area contributed by atoms with E-state index in [1.165, 1.54) is 6.33 Å². The maximum atomic E-state index is 5.89. The zero-order valence-corrected chi connectivity index (χ0v) is 9.57. The van der Waals surface area contributed by atoms with Crippen LogP contribution in [-0.4, -0.2) is 15.0 Å². The minimum atomic E-state index is 0.479. The van der Waals surface area contributed by atoms with Crippen molar-refractivity contribution in [2.45, 2.75) is 13.5 Å². The summed E-state index contributed by atoms with van der Waals surface area (Å²) in [5.41, 5.74) is 2.00. The van der Waals surface area contributed by atoms with Crippen LogP contribution in [0.2, 0.25) is 5.15 Å².